The Bertz CT molecular complexity index is 292. The molecule has 64 valence electrons. The number of rotatable bonds is 2. The lowest BCUT2D eigenvalue weighted by atomic mass is 10.0. The minimum absolute atomic E-state index is 0.0523. The summed E-state index contributed by atoms with van der Waals surface area (Å²) >= 11 is 0. The monoisotopic (exact) mass is 166 g/mol. The van der Waals surface area contributed by atoms with Gasteiger partial charge in [-0.2, -0.15) is 0 Å². The SMILES string of the molecule is CC(O)c1cc(O)ccc1C=O. The highest BCUT2D eigenvalue weighted by Gasteiger charge is 2.07. The number of aliphatic hydroxyl groups is 1. The molecule has 0 bridgehead atoms. The molecule has 0 aliphatic carbocycles. The summed E-state index contributed by atoms with van der Waals surface area (Å²) in [4.78, 5) is 10.5. The normalized spacial score (nSPS) is 12.5. The van der Waals surface area contributed by atoms with E-state index >= 15 is 0 Å². The molecule has 1 aromatic rings. The van der Waals surface area contributed by atoms with Gasteiger partial charge in [0.05, 0.1) is 6.10 Å². The van der Waals surface area contributed by atoms with Crippen molar-refractivity contribution in [2.45, 2.75) is 13.0 Å². The maximum atomic E-state index is 10.5. The lowest BCUT2D eigenvalue weighted by Gasteiger charge is -2.07. The summed E-state index contributed by atoms with van der Waals surface area (Å²) in [5.74, 6) is 0.0523. The van der Waals surface area contributed by atoms with Crippen LogP contribution in [0.15, 0.2) is 18.2 Å². The lowest BCUT2D eigenvalue weighted by Crippen LogP contribution is -1.96. The van der Waals surface area contributed by atoms with E-state index < -0.39 is 6.10 Å². The zero-order chi connectivity index (χ0) is 9.14. The predicted octanol–water partition coefficient (Wildman–Crippen LogP) is 1.26. The van der Waals surface area contributed by atoms with Gasteiger partial charge in [0, 0.05) is 5.56 Å². The standard InChI is InChI=1S/C9H10O3/c1-6(11)9-4-8(12)3-2-7(9)5-10/h2-6,11-12H,1H3. The van der Waals surface area contributed by atoms with Gasteiger partial charge in [-0.3, -0.25) is 4.79 Å². The van der Waals surface area contributed by atoms with Gasteiger partial charge in [0.2, 0.25) is 0 Å². The molecular formula is C9H10O3. The number of carbonyl (C=O) groups excluding carboxylic acids is 1. The third-order valence-electron chi connectivity index (χ3n) is 1.65. The fourth-order valence-electron chi connectivity index (χ4n) is 1.03. The maximum absolute atomic E-state index is 10.5. The van der Waals surface area contributed by atoms with E-state index in [2.05, 4.69) is 0 Å². The maximum Gasteiger partial charge on any atom is 0.150 e. The highest BCUT2D eigenvalue weighted by atomic mass is 16.3. The minimum atomic E-state index is -0.739. The molecule has 0 saturated carbocycles. The molecule has 0 heterocycles. The van der Waals surface area contributed by atoms with E-state index in [0.29, 0.717) is 17.4 Å². The van der Waals surface area contributed by atoms with E-state index in [-0.39, 0.29) is 5.75 Å². The van der Waals surface area contributed by atoms with Crippen molar-refractivity contribution in [1.29, 1.82) is 0 Å². The molecule has 1 atom stereocenters. The van der Waals surface area contributed by atoms with Gasteiger partial charge in [0.15, 0.2) is 0 Å². The number of phenols is 1. The van der Waals surface area contributed by atoms with E-state index in [0.717, 1.165) is 0 Å². The van der Waals surface area contributed by atoms with Gasteiger partial charge in [-0.1, -0.05) is 0 Å². The van der Waals surface area contributed by atoms with Crippen LogP contribution >= 0.6 is 0 Å². The number of hydrogen-bond donors (Lipinski definition) is 2. The first-order valence-electron chi connectivity index (χ1n) is 3.61. The van der Waals surface area contributed by atoms with E-state index in [1.807, 2.05) is 0 Å². The second-order valence-corrected chi connectivity index (χ2v) is 2.61. The van der Waals surface area contributed by atoms with Gasteiger partial charge in [-0.05, 0) is 30.7 Å². The molecule has 0 aliphatic heterocycles. The van der Waals surface area contributed by atoms with Crippen LogP contribution in [0.2, 0.25) is 0 Å². The summed E-state index contributed by atoms with van der Waals surface area (Å²) in [7, 11) is 0. The molecule has 0 aliphatic rings. The first kappa shape index (κ1) is 8.74. The Hall–Kier alpha value is -1.35. The van der Waals surface area contributed by atoms with Crippen molar-refractivity contribution in [3.63, 3.8) is 0 Å². The topological polar surface area (TPSA) is 57.5 Å². The summed E-state index contributed by atoms with van der Waals surface area (Å²) in [6.45, 7) is 1.54. The van der Waals surface area contributed by atoms with Crippen molar-refractivity contribution in [3.05, 3.63) is 29.3 Å². The Balaban J connectivity index is 3.21. The molecular weight excluding hydrogens is 156 g/mol. The molecule has 0 spiro atoms. The Kier molecular flexibility index (Phi) is 2.45. The summed E-state index contributed by atoms with van der Waals surface area (Å²) in [6.07, 6.45) is -0.0844. The number of benzene rings is 1. The first-order valence-corrected chi connectivity index (χ1v) is 3.61. The van der Waals surface area contributed by atoms with Crippen molar-refractivity contribution in [3.8, 4) is 5.75 Å². The Labute approximate surface area is 70.3 Å². The van der Waals surface area contributed by atoms with Gasteiger partial charge in [0.25, 0.3) is 0 Å². The zero-order valence-corrected chi connectivity index (χ0v) is 6.69. The van der Waals surface area contributed by atoms with Crippen molar-refractivity contribution in [2.24, 2.45) is 0 Å². The van der Waals surface area contributed by atoms with Crippen LogP contribution in [0.4, 0.5) is 0 Å². The Morgan fingerprint density at radius 2 is 2.17 bits per heavy atom. The Morgan fingerprint density at radius 3 is 2.67 bits per heavy atom. The molecule has 2 N–H and O–H groups in total. The van der Waals surface area contributed by atoms with Crippen molar-refractivity contribution >= 4 is 6.29 Å². The number of aldehydes is 1. The smallest absolute Gasteiger partial charge is 0.150 e. The number of carbonyl (C=O) groups is 1. The first-order chi connectivity index (χ1) is 5.65. The highest BCUT2D eigenvalue weighted by molar-refractivity contribution is 5.77. The highest BCUT2D eigenvalue weighted by Crippen LogP contribution is 2.21. The molecule has 1 rings (SSSR count). The number of hydrogen-bond acceptors (Lipinski definition) is 3. The molecule has 0 aromatic heterocycles. The lowest BCUT2D eigenvalue weighted by molar-refractivity contribution is 0.111. The van der Waals surface area contributed by atoms with Gasteiger partial charge in [-0.15, -0.1) is 0 Å². The van der Waals surface area contributed by atoms with Crippen LogP contribution in [0.1, 0.15) is 28.9 Å². The molecule has 0 radical (unpaired) electrons. The number of phenolic OH excluding ortho intramolecular Hbond substituents is 1. The van der Waals surface area contributed by atoms with Crippen LogP contribution < -0.4 is 0 Å². The van der Waals surface area contributed by atoms with Crippen LogP contribution in [0, 0.1) is 0 Å². The molecule has 0 amide bonds. The quantitative estimate of drug-likeness (QED) is 0.650. The number of aliphatic hydroxyl groups excluding tert-OH is 1. The second-order valence-electron chi connectivity index (χ2n) is 2.61. The van der Waals surface area contributed by atoms with Gasteiger partial charge >= 0.3 is 0 Å². The predicted molar refractivity (Wildman–Crippen MR) is 44.1 cm³/mol. The van der Waals surface area contributed by atoms with E-state index in [4.69, 9.17) is 5.11 Å². The van der Waals surface area contributed by atoms with Crippen LogP contribution in [-0.4, -0.2) is 16.5 Å². The average Bonchev–Trinajstić information content (AvgIpc) is 2.04. The van der Waals surface area contributed by atoms with E-state index in [1.165, 1.54) is 18.2 Å². The van der Waals surface area contributed by atoms with Crippen LogP contribution in [-0.2, 0) is 0 Å². The zero-order valence-electron chi connectivity index (χ0n) is 6.69. The third-order valence-corrected chi connectivity index (χ3v) is 1.65. The third kappa shape index (κ3) is 1.62. The van der Waals surface area contributed by atoms with Crippen molar-refractivity contribution in [1.82, 2.24) is 0 Å². The van der Waals surface area contributed by atoms with Crippen LogP contribution in [0.25, 0.3) is 0 Å². The molecule has 1 unspecified atom stereocenters. The van der Waals surface area contributed by atoms with Crippen LogP contribution in [0.5, 0.6) is 5.75 Å². The summed E-state index contributed by atoms with van der Waals surface area (Å²) in [6, 6.07) is 4.27. The van der Waals surface area contributed by atoms with Crippen molar-refractivity contribution in [2.75, 3.05) is 0 Å². The fourth-order valence-corrected chi connectivity index (χ4v) is 1.03. The van der Waals surface area contributed by atoms with Crippen molar-refractivity contribution < 1.29 is 15.0 Å². The molecule has 1 aromatic carbocycles. The summed E-state index contributed by atoms with van der Waals surface area (Å²) in [5.41, 5.74) is 0.854. The largest absolute Gasteiger partial charge is 0.508 e. The average molecular weight is 166 g/mol. The van der Waals surface area contributed by atoms with E-state index in [9.17, 15) is 9.90 Å². The molecule has 0 fully saturated rings. The summed E-state index contributed by atoms with van der Waals surface area (Å²) < 4.78 is 0. The molecule has 3 nitrogen and oxygen atoms in total. The number of aromatic hydroxyl groups is 1. The minimum Gasteiger partial charge on any atom is -0.508 e. The van der Waals surface area contributed by atoms with Gasteiger partial charge in [0.1, 0.15) is 12.0 Å². The van der Waals surface area contributed by atoms with Crippen LogP contribution in [0.3, 0.4) is 0 Å². The van der Waals surface area contributed by atoms with Gasteiger partial charge < -0.3 is 10.2 Å². The molecule has 12 heavy (non-hydrogen) atoms. The second kappa shape index (κ2) is 3.36. The van der Waals surface area contributed by atoms with E-state index in [1.54, 1.807) is 6.92 Å². The Morgan fingerprint density at radius 1 is 1.50 bits per heavy atom. The molecule has 3 heteroatoms. The van der Waals surface area contributed by atoms with Gasteiger partial charge in [-0.25, -0.2) is 0 Å². The molecule has 0 saturated heterocycles. The fraction of sp³-hybridized carbons (Fsp3) is 0.222. The summed E-state index contributed by atoms with van der Waals surface area (Å²) in [5, 5.41) is 18.2.